The van der Waals surface area contributed by atoms with Crippen molar-refractivity contribution in [2.24, 2.45) is 5.92 Å². The fraction of sp³-hybridized carbons (Fsp3) is 0.375. The van der Waals surface area contributed by atoms with Gasteiger partial charge in [0.15, 0.2) is 11.5 Å². The molecule has 5 rings (SSSR count). The SMILES string of the molecule is Cc1ccc(C2NC(SCC(=O)Nc3ccc4c(c3)OCO4)C3C(=O)N(C)C(=O)N(C)C3N2)cc1. The first-order valence-electron chi connectivity index (χ1n) is 11.3. The van der Waals surface area contributed by atoms with E-state index in [0.29, 0.717) is 17.2 Å². The predicted molar refractivity (Wildman–Crippen MR) is 131 cm³/mol. The van der Waals surface area contributed by atoms with Crippen molar-refractivity contribution in [3.05, 3.63) is 53.6 Å². The van der Waals surface area contributed by atoms with Gasteiger partial charge in [0, 0.05) is 25.8 Å². The van der Waals surface area contributed by atoms with E-state index in [4.69, 9.17) is 9.47 Å². The molecular weight excluding hydrogens is 470 g/mol. The van der Waals surface area contributed by atoms with E-state index in [1.54, 1.807) is 30.1 Å². The van der Waals surface area contributed by atoms with Crippen molar-refractivity contribution in [2.45, 2.75) is 24.6 Å². The molecular formula is C24H27N5O5S. The van der Waals surface area contributed by atoms with Crippen LogP contribution >= 0.6 is 11.8 Å². The number of hydrogen-bond acceptors (Lipinski definition) is 8. The van der Waals surface area contributed by atoms with Gasteiger partial charge in [0.1, 0.15) is 0 Å². The first-order valence-corrected chi connectivity index (χ1v) is 12.3. The minimum absolute atomic E-state index is 0.116. The van der Waals surface area contributed by atoms with E-state index in [-0.39, 0.29) is 36.6 Å². The molecule has 3 aliphatic heterocycles. The lowest BCUT2D eigenvalue weighted by Gasteiger charge is -2.50. The maximum Gasteiger partial charge on any atom is 0.327 e. The fourth-order valence-electron chi connectivity index (χ4n) is 4.49. The largest absolute Gasteiger partial charge is 0.454 e. The molecule has 184 valence electrons. The van der Waals surface area contributed by atoms with Gasteiger partial charge >= 0.3 is 6.03 Å². The highest BCUT2D eigenvalue weighted by Gasteiger charge is 2.51. The van der Waals surface area contributed by atoms with E-state index < -0.39 is 17.5 Å². The van der Waals surface area contributed by atoms with Crippen LogP contribution < -0.4 is 25.4 Å². The van der Waals surface area contributed by atoms with Crippen molar-refractivity contribution < 1.29 is 23.9 Å². The first-order chi connectivity index (χ1) is 16.8. The van der Waals surface area contributed by atoms with Crippen molar-refractivity contribution in [1.29, 1.82) is 0 Å². The molecule has 3 aliphatic rings. The molecule has 2 saturated heterocycles. The third-order valence-electron chi connectivity index (χ3n) is 6.42. The molecule has 2 aromatic carbocycles. The van der Waals surface area contributed by atoms with E-state index in [9.17, 15) is 14.4 Å². The smallest absolute Gasteiger partial charge is 0.327 e. The molecule has 3 heterocycles. The van der Waals surface area contributed by atoms with Crippen LogP contribution in [0.3, 0.4) is 0 Å². The molecule has 0 saturated carbocycles. The number of carbonyl (C=O) groups is 3. The molecule has 0 aliphatic carbocycles. The van der Waals surface area contributed by atoms with Gasteiger partial charge < -0.3 is 19.7 Å². The number of hydrogen-bond donors (Lipinski definition) is 3. The molecule has 0 radical (unpaired) electrons. The molecule has 11 heteroatoms. The Bertz CT molecular complexity index is 1160. The van der Waals surface area contributed by atoms with E-state index >= 15 is 0 Å². The lowest BCUT2D eigenvalue weighted by Crippen LogP contribution is -2.72. The minimum atomic E-state index is -0.562. The summed E-state index contributed by atoms with van der Waals surface area (Å²) in [6.07, 6.45) is -0.800. The van der Waals surface area contributed by atoms with Crippen molar-refractivity contribution >= 4 is 35.3 Å². The number of amides is 4. The molecule has 0 spiro atoms. The Labute approximate surface area is 207 Å². The summed E-state index contributed by atoms with van der Waals surface area (Å²) in [6.45, 7) is 2.18. The number of imide groups is 1. The van der Waals surface area contributed by atoms with Crippen LogP contribution in [-0.4, -0.2) is 65.8 Å². The standard InChI is InChI=1S/C24H27N5O5S/c1-13-4-6-14(7-5-13)20-26-21-19(23(31)29(3)24(32)28(21)2)22(27-20)35-11-18(30)25-15-8-9-16-17(10-15)34-12-33-16/h4-10,19-22,26-27H,11-12H2,1-3H3,(H,25,30). The average Bonchev–Trinajstić information content (AvgIpc) is 3.33. The molecule has 3 N–H and O–H groups in total. The molecule has 0 aromatic heterocycles. The van der Waals surface area contributed by atoms with Gasteiger partial charge in [0.25, 0.3) is 0 Å². The number of nitrogens with zero attached hydrogens (tertiary/aromatic N) is 2. The van der Waals surface area contributed by atoms with Gasteiger partial charge in [-0.2, -0.15) is 0 Å². The number of fused-ring (bicyclic) bond motifs is 2. The molecule has 4 unspecified atom stereocenters. The highest BCUT2D eigenvalue weighted by molar-refractivity contribution is 8.00. The van der Waals surface area contributed by atoms with Crippen LogP contribution in [-0.2, 0) is 9.59 Å². The number of nitrogens with one attached hydrogen (secondary N) is 3. The summed E-state index contributed by atoms with van der Waals surface area (Å²) < 4.78 is 10.7. The highest BCUT2D eigenvalue weighted by atomic mass is 32.2. The van der Waals surface area contributed by atoms with E-state index in [1.807, 2.05) is 31.2 Å². The summed E-state index contributed by atoms with van der Waals surface area (Å²) >= 11 is 1.34. The van der Waals surface area contributed by atoms with E-state index in [1.165, 1.54) is 18.8 Å². The lowest BCUT2D eigenvalue weighted by atomic mass is 9.96. The molecule has 10 nitrogen and oxygen atoms in total. The van der Waals surface area contributed by atoms with Crippen molar-refractivity contribution in [2.75, 3.05) is 32.0 Å². The second kappa shape index (κ2) is 9.40. The minimum Gasteiger partial charge on any atom is -0.454 e. The summed E-state index contributed by atoms with van der Waals surface area (Å²) in [6, 6.07) is 12.9. The Balaban J connectivity index is 1.32. The average molecular weight is 498 g/mol. The number of aryl methyl sites for hydroxylation is 1. The second-order valence-corrected chi connectivity index (χ2v) is 9.92. The number of benzene rings is 2. The summed E-state index contributed by atoms with van der Waals surface area (Å²) in [5.74, 6) is 0.288. The zero-order chi connectivity index (χ0) is 24.7. The molecule has 4 atom stereocenters. The zero-order valence-electron chi connectivity index (χ0n) is 19.6. The quantitative estimate of drug-likeness (QED) is 0.576. The first kappa shape index (κ1) is 23.5. The normalized spacial score (nSPS) is 25.5. The van der Waals surface area contributed by atoms with Gasteiger partial charge in [-0.25, -0.2) is 4.79 Å². The number of anilines is 1. The van der Waals surface area contributed by atoms with Gasteiger partial charge in [-0.3, -0.25) is 25.1 Å². The Morgan fingerprint density at radius 2 is 1.83 bits per heavy atom. The maximum atomic E-state index is 13.1. The third kappa shape index (κ3) is 4.54. The van der Waals surface area contributed by atoms with E-state index in [2.05, 4.69) is 16.0 Å². The Hall–Kier alpha value is -3.28. The van der Waals surface area contributed by atoms with Gasteiger partial charge in [0.05, 0.1) is 29.4 Å². The van der Waals surface area contributed by atoms with Crippen LogP contribution in [0.1, 0.15) is 17.3 Å². The summed E-state index contributed by atoms with van der Waals surface area (Å²) in [5.41, 5.74) is 2.72. The number of ether oxygens (including phenoxy) is 2. The van der Waals surface area contributed by atoms with Crippen LogP contribution in [0, 0.1) is 12.8 Å². The van der Waals surface area contributed by atoms with Crippen molar-refractivity contribution in [3.63, 3.8) is 0 Å². The van der Waals surface area contributed by atoms with Crippen LogP contribution in [0.15, 0.2) is 42.5 Å². The zero-order valence-corrected chi connectivity index (χ0v) is 20.4. The predicted octanol–water partition coefficient (Wildman–Crippen LogP) is 2.08. The topological polar surface area (TPSA) is 112 Å². The molecule has 2 fully saturated rings. The number of urea groups is 1. The fourth-order valence-corrected chi connectivity index (χ4v) is 5.59. The summed E-state index contributed by atoms with van der Waals surface area (Å²) in [4.78, 5) is 41.2. The van der Waals surface area contributed by atoms with Crippen LogP contribution in [0.4, 0.5) is 10.5 Å². The summed E-state index contributed by atoms with van der Waals surface area (Å²) in [5, 5.41) is 9.36. The van der Waals surface area contributed by atoms with Gasteiger partial charge in [-0.1, -0.05) is 29.8 Å². The highest BCUT2D eigenvalue weighted by Crippen LogP contribution is 2.36. The van der Waals surface area contributed by atoms with Crippen LogP contribution in [0.5, 0.6) is 11.5 Å². The Morgan fingerprint density at radius 3 is 2.60 bits per heavy atom. The monoisotopic (exact) mass is 497 g/mol. The Morgan fingerprint density at radius 1 is 1.09 bits per heavy atom. The van der Waals surface area contributed by atoms with Gasteiger partial charge in [0.2, 0.25) is 18.6 Å². The van der Waals surface area contributed by atoms with Crippen molar-refractivity contribution in [1.82, 2.24) is 20.4 Å². The molecule has 0 bridgehead atoms. The number of carbonyl (C=O) groups excluding carboxylic acids is 3. The van der Waals surface area contributed by atoms with Gasteiger partial charge in [-0.15, -0.1) is 11.8 Å². The number of thioether (sulfide) groups is 1. The van der Waals surface area contributed by atoms with Crippen molar-refractivity contribution in [3.8, 4) is 11.5 Å². The van der Waals surface area contributed by atoms with Crippen LogP contribution in [0.2, 0.25) is 0 Å². The Kier molecular flexibility index (Phi) is 6.30. The molecule has 35 heavy (non-hydrogen) atoms. The van der Waals surface area contributed by atoms with Crippen LogP contribution in [0.25, 0.3) is 0 Å². The molecule has 4 amide bonds. The summed E-state index contributed by atoms with van der Waals surface area (Å²) in [7, 11) is 3.17. The lowest BCUT2D eigenvalue weighted by molar-refractivity contribution is -0.140. The number of rotatable bonds is 5. The van der Waals surface area contributed by atoms with E-state index in [0.717, 1.165) is 16.0 Å². The third-order valence-corrected chi connectivity index (χ3v) is 7.63. The van der Waals surface area contributed by atoms with Gasteiger partial charge in [-0.05, 0) is 24.6 Å². The second-order valence-electron chi connectivity index (χ2n) is 8.79. The maximum absolute atomic E-state index is 13.1. The molecule has 2 aromatic rings.